The first kappa shape index (κ1) is 16.8. The smallest absolute Gasteiger partial charge is 0.311 e. The van der Waals surface area contributed by atoms with Gasteiger partial charge in [-0.25, -0.2) is 0 Å². The molecule has 6 heteroatoms. The highest BCUT2D eigenvalue weighted by atomic mass is 16.5. The zero-order valence-corrected chi connectivity index (χ0v) is 14.6. The molecule has 2 saturated heterocycles. The predicted octanol–water partition coefficient (Wildman–Crippen LogP) is 2.41. The summed E-state index contributed by atoms with van der Waals surface area (Å²) in [5, 5.41) is 11.5. The number of fused-ring (bicyclic) bond motifs is 2. The van der Waals surface area contributed by atoms with E-state index in [1.54, 1.807) is 24.1 Å². The van der Waals surface area contributed by atoms with Crippen molar-refractivity contribution in [2.75, 3.05) is 33.4 Å². The fourth-order valence-electron chi connectivity index (χ4n) is 4.26. The van der Waals surface area contributed by atoms with Crippen LogP contribution in [0.4, 0.5) is 0 Å². The Labute approximate surface area is 151 Å². The van der Waals surface area contributed by atoms with E-state index in [2.05, 4.69) is 0 Å². The molecule has 26 heavy (non-hydrogen) atoms. The van der Waals surface area contributed by atoms with Gasteiger partial charge in [-0.15, -0.1) is 0 Å². The average molecular weight is 355 g/mol. The SMILES string of the molecule is COc1ccc(C(=O)N2C[C@H]3COCC[C@@]3(C(=O)O)C2)c2ccccc12. The lowest BCUT2D eigenvalue weighted by Gasteiger charge is -2.33. The van der Waals surface area contributed by atoms with Crippen molar-refractivity contribution >= 4 is 22.6 Å². The molecule has 0 radical (unpaired) electrons. The van der Waals surface area contributed by atoms with Gasteiger partial charge in [-0.2, -0.15) is 0 Å². The van der Waals surface area contributed by atoms with E-state index in [0.29, 0.717) is 37.5 Å². The fourth-order valence-corrected chi connectivity index (χ4v) is 4.26. The lowest BCUT2D eigenvalue weighted by atomic mass is 9.74. The summed E-state index contributed by atoms with van der Waals surface area (Å²) in [7, 11) is 1.60. The third kappa shape index (κ3) is 2.44. The Bertz CT molecular complexity index is 880. The second kappa shape index (κ2) is 6.29. The van der Waals surface area contributed by atoms with E-state index in [9.17, 15) is 14.7 Å². The summed E-state index contributed by atoms with van der Waals surface area (Å²) in [6, 6.07) is 11.1. The van der Waals surface area contributed by atoms with E-state index in [-0.39, 0.29) is 18.4 Å². The van der Waals surface area contributed by atoms with Crippen LogP contribution in [0.3, 0.4) is 0 Å². The van der Waals surface area contributed by atoms with E-state index < -0.39 is 11.4 Å². The van der Waals surface area contributed by atoms with Crippen LogP contribution in [0.1, 0.15) is 16.8 Å². The van der Waals surface area contributed by atoms with Crippen molar-refractivity contribution in [3.05, 3.63) is 42.0 Å². The Hall–Kier alpha value is -2.60. The van der Waals surface area contributed by atoms with Gasteiger partial charge in [0, 0.05) is 36.6 Å². The number of nitrogens with zero attached hydrogens (tertiary/aromatic N) is 1. The lowest BCUT2D eigenvalue weighted by molar-refractivity contribution is -0.157. The summed E-state index contributed by atoms with van der Waals surface area (Å²) in [6.07, 6.45) is 0.445. The van der Waals surface area contributed by atoms with Gasteiger partial charge in [-0.3, -0.25) is 9.59 Å². The van der Waals surface area contributed by atoms with Crippen molar-refractivity contribution in [3.8, 4) is 5.75 Å². The first-order chi connectivity index (χ1) is 12.6. The molecule has 2 heterocycles. The largest absolute Gasteiger partial charge is 0.496 e. The summed E-state index contributed by atoms with van der Waals surface area (Å²) in [4.78, 5) is 26.8. The maximum Gasteiger partial charge on any atom is 0.311 e. The monoisotopic (exact) mass is 355 g/mol. The highest BCUT2D eigenvalue weighted by Gasteiger charge is 2.55. The lowest BCUT2D eigenvalue weighted by Crippen LogP contribution is -2.45. The molecule has 2 aliphatic rings. The highest BCUT2D eigenvalue weighted by Crippen LogP contribution is 2.43. The number of carbonyl (C=O) groups is 2. The molecule has 2 aliphatic heterocycles. The molecule has 0 spiro atoms. The summed E-state index contributed by atoms with van der Waals surface area (Å²) in [5.41, 5.74) is -0.322. The first-order valence-electron chi connectivity index (χ1n) is 8.73. The molecule has 2 aromatic rings. The summed E-state index contributed by atoms with van der Waals surface area (Å²) < 4.78 is 10.9. The Morgan fingerprint density at radius 1 is 1.23 bits per heavy atom. The molecular formula is C20H21NO5. The number of rotatable bonds is 3. The third-order valence-electron chi connectivity index (χ3n) is 5.75. The Balaban J connectivity index is 1.71. The van der Waals surface area contributed by atoms with Gasteiger partial charge in [-0.1, -0.05) is 24.3 Å². The van der Waals surface area contributed by atoms with Crippen molar-refractivity contribution in [3.63, 3.8) is 0 Å². The van der Waals surface area contributed by atoms with Gasteiger partial charge < -0.3 is 19.5 Å². The zero-order chi connectivity index (χ0) is 18.3. The minimum Gasteiger partial charge on any atom is -0.496 e. The highest BCUT2D eigenvalue weighted by molar-refractivity contribution is 6.08. The Morgan fingerprint density at radius 3 is 2.69 bits per heavy atom. The van der Waals surface area contributed by atoms with Crippen molar-refractivity contribution in [1.29, 1.82) is 0 Å². The van der Waals surface area contributed by atoms with Crippen LogP contribution >= 0.6 is 0 Å². The fraction of sp³-hybridized carbons (Fsp3) is 0.400. The normalized spacial score (nSPS) is 25.1. The average Bonchev–Trinajstić information content (AvgIpc) is 3.08. The molecule has 0 unspecified atom stereocenters. The summed E-state index contributed by atoms with van der Waals surface area (Å²) in [5.74, 6) is -0.426. The van der Waals surface area contributed by atoms with Gasteiger partial charge in [0.15, 0.2) is 0 Å². The molecular weight excluding hydrogens is 334 g/mol. The number of amides is 1. The second-order valence-corrected chi connectivity index (χ2v) is 7.03. The quantitative estimate of drug-likeness (QED) is 0.915. The number of carbonyl (C=O) groups excluding carboxylic acids is 1. The van der Waals surface area contributed by atoms with E-state index >= 15 is 0 Å². The van der Waals surface area contributed by atoms with Crippen LogP contribution in [-0.2, 0) is 9.53 Å². The topological polar surface area (TPSA) is 76.1 Å². The molecule has 2 atom stereocenters. The molecule has 1 amide bonds. The van der Waals surface area contributed by atoms with E-state index in [4.69, 9.17) is 9.47 Å². The minimum absolute atomic E-state index is 0.140. The molecule has 2 aromatic carbocycles. The van der Waals surface area contributed by atoms with Crippen molar-refractivity contribution in [2.24, 2.45) is 11.3 Å². The van der Waals surface area contributed by atoms with Gasteiger partial charge in [0.2, 0.25) is 0 Å². The molecule has 0 aromatic heterocycles. The number of likely N-dealkylation sites (tertiary alicyclic amines) is 1. The van der Waals surface area contributed by atoms with Crippen LogP contribution < -0.4 is 4.74 Å². The standard InChI is InChI=1S/C20H21NO5/c1-25-17-7-6-16(14-4-2-3-5-15(14)17)18(22)21-10-13-11-26-9-8-20(13,12-21)19(23)24/h2-7,13H,8-12H2,1H3,(H,23,24)/t13-,20+/m0/s1. The summed E-state index contributed by atoms with van der Waals surface area (Å²) in [6.45, 7) is 1.46. The van der Waals surface area contributed by atoms with Crippen molar-refractivity contribution < 1.29 is 24.2 Å². The number of benzene rings is 2. The zero-order valence-electron chi connectivity index (χ0n) is 14.6. The van der Waals surface area contributed by atoms with Crippen LogP contribution in [-0.4, -0.2) is 55.3 Å². The maximum absolute atomic E-state index is 13.2. The molecule has 0 saturated carbocycles. The second-order valence-electron chi connectivity index (χ2n) is 7.03. The van der Waals surface area contributed by atoms with Gasteiger partial charge in [0.05, 0.1) is 19.1 Å². The van der Waals surface area contributed by atoms with Crippen LogP contribution in [0.15, 0.2) is 36.4 Å². The first-order valence-corrected chi connectivity index (χ1v) is 8.73. The van der Waals surface area contributed by atoms with Gasteiger partial charge in [-0.05, 0) is 23.9 Å². The number of hydrogen-bond acceptors (Lipinski definition) is 4. The molecule has 2 fully saturated rings. The molecule has 6 nitrogen and oxygen atoms in total. The van der Waals surface area contributed by atoms with Crippen LogP contribution in [0.25, 0.3) is 10.8 Å². The number of aliphatic carboxylic acids is 1. The number of hydrogen-bond donors (Lipinski definition) is 1. The maximum atomic E-state index is 13.2. The predicted molar refractivity (Wildman–Crippen MR) is 95.4 cm³/mol. The van der Waals surface area contributed by atoms with Crippen molar-refractivity contribution in [1.82, 2.24) is 4.90 Å². The number of methoxy groups -OCH3 is 1. The number of carboxylic acids is 1. The molecule has 4 rings (SSSR count). The van der Waals surface area contributed by atoms with E-state index in [1.807, 2.05) is 24.3 Å². The third-order valence-corrected chi connectivity index (χ3v) is 5.75. The summed E-state index contributed by atoms with van der Waals surface area (Å²) >= 11 is 0. The Morgan fingerprint density at radius 2 is 2.00 bits per heavy atom. The number of carboxylic acid groups (broad SMARTS) is 1. The van der Waals surface area contributed by atoms with E-state index in [1.165, 1.54) is 0 Å². The Kier molecular flexibility index (Phi) is 4.07. The van der Waals surface area contributed by atoms with Crippen LogP contribution in [0.5, 0.6) is 5.75 Å². The molecule has 0 bridgehead atoms. The van der Waals surface area contributed by atoms with Crippen LogP contribution in [0.2, 0.25) is 0 Å². The van der Waals surface area contributed by atoms with Gasteiger partial charge in [0.25, 0.3) is 5.91 Å². The van der Waals surface area contributed by atoms with E-state index in [0.717, 1.165) is 10.8 Å². The van der Waals surface area contributed by atoms with Crippen LogP contribution in [0, 0.1) is 11.3 Å². The number of ether oxygens (including phenoxy) is 2. The van der Waals surface area contributed by atoms with Crippen molar-refractivity contribution in [2.45, 2.75) is 6.42 Å². The van der Waals surface area contributed by atoms with Gasteiger partial charge >= 0.3 is 5.97 Å². The van der Waals surface area contributed by atoms with Gasteiger partial charge in [0.1, 0.15) is 5.75 Å². The molecule has 0 aliphatic carbocycles. The minimum atomic E-state index is -0.893. The molecule has 136 valence electrons. The molecule has 1 N–H and O–H groups in total.